The van der Waals surface area contributed by atoms with Crippen LogP contribution in [0.4, 0.5) is 0 Å². The molecule has 1 aliphatic heterocycles. The van der Waals surface area contributed by atoms with Crippen LogP contribution in [-0.2, 0) is 0 Å². The lowest BCUT2D eigenvalue weighted by Gasteiger charge is -2.25. The summed E-state index contributed by atoms with van der Waals surface area (Å²) in [5.74, 6) is 0. The summed E-state index contributed by atoms with van der Waals surface area (Å²) in [7, 11) is 0. The van der Waals surface area contributed by atoms with Gasteiger partial charge in [0.25, 0.3) is 0 Å². The van der Waals surface area contributed by atoms with Gasteiger partial charge in [-0.15, -0.1) is 0 Å². The molecule has 0 fully saturated rings. The fourth-order valence-corrected chi connectivity index (χ4v) is 1.05. The first-order chi connectivity index (χ1) is 4.10. The minimum Gasteiger partial charge on any atom is -0.294 e. The molecule has 1 heterocycles. The van der Waals surface area contributed by atoms with E-state index in [2.05, 4.69) is 32.0 Å². The molecule has 52 valence electrons. The zero-order valence-electron chi connectivity index (χ0n) is 6.52. The molecule has 0 amide bonds. The topological polar surface area (TPSA) is 12.4 Å². The van der Waals surface area contributed by atoms with Crippen LogP contribution < -0.4 is 0 Å². The highest BCUT2D eigenvalue weighted by Crippen LogP contribution is 2.25. The van der Waals surface area contributed by atoms with Gasteiger partial charge in [0.15, 0.2) is 0 Å². The van der Waals surface area contributed by atoms with Crippen LogP contribution in [0.25, 0.3) is 0 Å². The van der Waals surface area contributed by atoms with Crippen molar-refractivity contribution in [3.8, 4) is 0 Å². The van der Waals surface area contributed by atoms with E-state index in [1.807, 2.05) is 0 Å². The number of rotatable bonds is 0. The van der Waals surface area contributed by atoms with Gasteiger partial charge in [-0.1, -0.05) is 13.8 Å². The summed E-state index contributed by atoms with van der Waals surface area (Å²) in [6.45, 7) is 6.65. The first kappa shape index (κ1) is 6.79. The van der Waals surface area contributed by atoms with Crippen LogP contribution in [0, 0.1) is 5.41 Å². The van der Waals surface area contributed by atoms with Crippen LogP contribution in [0.2, 0.25) is 0 Å². The zero-order valence-corrected chi connectivity index (χ0v) is 6.52. The average molecular weight is 125 g/mol. The fourth-order valence-electron chi connectivity index (χ4n) is 1.05. The van der Waals surface area contributed by atoms with Gasteiger partial charge in [0.05, 0.1) is 0 Å². The minimum absolute atomic E-state index is 0.368. The fraction of sp³-hybridized carbons (Fsp3) is 0.875. The van der Waals surface area contributed by atoms with E-state index in [4.69, 9.17) is 0 Å². The lowest BCUT2D eigenvalue weighted by Crippen LogP contribution is -2.21. The summed E-state index contributed by atoms with van der Waals surface area (Å²) in [5.41, 5.74) is 0.368. The molecular weight excluding hydrogens is 110 g/mol. The molecule has 0 N–H and O–H groups in total. The first-order valence-electron chi connectivity index (χ1n) is 3.64. The Morgan fingerprint density at radius 1 is 1.56 bits per heavy atom. The van der Waals surface area contributed by atoms with Crippen LogP contribution in [0.5, 0.6) is 0 Å². The molecular formula is C8H15N. The van der Waals surface area contributed by atoms with Crippen LogP contribution in [-0.4, -0.2) is 12.3 Å². The Morgan fingerprint density at radius 2 is 2.22 bits per heavy atom. The van der Waals surface area contributed by atoms with Crippen molar-refractivity contribution >= 4 is 6.21 Å². The molecule has 0 aliphatic carbocycles. The van der Waals surface area contributed by atoms with Crippen molar-refractivity contribution in [2.24, 2.45) is 10.4 Å². The molecule has 0 saturated carbocycles. The Hall–Kier alpha value is -0.330. The van der Waals surface area contributed by atoms with E-state index >= 15 is 0 Å². The first-order valence-corrected chi connectivity index (χ1v) is 3.64. The molecule has 1 atom stereocenters. The maximum Gasteiger partial charge on any atom is 0.0468 e. The Bertz CT molecular complexity index is 125. The number of nitrogens with zero attached hydrogens (tertiary/aromatic N) is 1. The average Bonchev–Trinajstić information content (AvgIpc) is 1.78. The second-order valence-electron chi connectivity index (χ2n) is 3.65. The van der Waals surface area contributed by atoms with Crippen LogP contribution in [0.15, 0.2) is 4.99 Å². The highest BCUT2D eigenvalue weighted by molar-refractivity contribution is 5.65. The Labute approximate surface area is 57.2 Å². The quantitative estimate of drug-likeness (QED) is 0.471. The van der Waals surface area contributed by atoms with Crippen molar-refractivity contribution in [3.05, 3.63) is 0 Å². The highest BCUT2D eigenvalue weighted by Gasteiger charge is 2.19. The van der Waals surface area contributed by atoms with Gasteiger partial charge < -0.3 is 0 Å². The van der Waals surface area contributed by atoms with Gasteiger partial charge in [-0.25, -0.2) is 0 Å². The van der Waals surface area contributed by atoms with Gasteiger partial charge >= 0.3 is 0 Å². The van der Waals surface area contributed by atoms with Crippen LogP contribution in [0.1, 0.15) is 33.6 Å². The smallest absolute Gasteiger partial charge is 0.0468 e. The minimum atomic E-state index is 0.368. The van der Waals surface area contributed by atoms with Crippen molar-refractivity contribution in [3.63, 3.8) is 0 Å². The van der Waals surface area contributed by atoms with Gasteiger partial charge in [-0.05, 0) is 25.2 Å². The number of hydrogen-bond donors (Lipinski definition) is 0. The van der Waals surface area contributed by atoms with Gasteiger partial charge in [-0.3, -0.25) is 4.99 Å². The molecule has 0 bridgehead atoms. The van der Waals surface area contributed by atoms with Crippen LogP contribution >= 0.6 is 0 Å². The van der Waals surface area contributed by atoms with Gasteiger partial charge in [0.1, 0.15) is 0 Å². The highest BCUT2D eigenvalue weighted by atomic mass is 14.8. The number of hydrogen-bond acceptors (Lipinski definition) is 1. The lowest BCUT2D eigenvalue weighted by atomic mass is 9.85. The molecule has 1 heteroatoms. The molecule has 0 spiro atoms. The normalized spacial score (nSPS) is 32.6. The largest absolute Gasteiger partial charge is 0.294 e. The summed E-state index contributed by atoms with van der Waals surface area (Å²) in [6, 6.07) is 0.568. The molecule has 0 radical (unpaired) electrons. The van der Waals surface area contributed by atoms with Gasteiger partial charge in [-0.2, -0.15) is 0 Å². The van der Waals surface area contributed by atoms with Crippen molar-refractivity contribution in [2.75, 3.05) is 0 Å². The third kappa shape index (κ3) is 1.81. The summed E-state index contributed by atoms with van der Waals surface area (Å²) in [6.07, 6.45) is 4.64. The summed E-state index contributed by atoms with van der Waals surface area (Å²) >= 11 is 0. The van der Waals surface area contributed by atoms with E-state index in [0.717, 1.165) is 0 Å². The van der Waals surface area contributed by atoms with E-state index in [1.54, 1.807) is 0 Å². The number of aliphatic imine (C=N–C) groups is 1. The molecule has 0 unspecified atom stereocenters. The maximum atomic E-state index is 4.36. The molecule has 0 aromatic carbocycles. The lowest BCUT2D eigenvalue weighted by molar-refractivity contribution is 0.416. The van der Waals surface area contributed by atoms with E-state index in [1.165, 1.54) is 12.8 Å². The second-order valence-corrected chi connectivity index (χ2v) is 3.65. The molecule has 1 nitrogen and oxygen atoms in total. The Kier molecular flexibility index (Phi) is 1.60. The predicted octanol–water partition coefficient (Wildman–Crippen LogP) is 2.27. The van der Waals surface area contributed by atoms with E-state index in [9.17, 15) is 0 Å². The maximum absolute atomic E-state index is 4.36. The van der Waals surface area contributed by atoms with E-state index < -0.39 is 0 Å². The molecule has 1 rings (SSSR count). The van der Waals surface area contributed by atoms with Crippen molar-refractivity contribution in [1.29, 1.82) is 0 Å². The summed E-state index contributed by atoms with van der Waals surface area (Å²) in [5, 5.41) is 0. The Balaban J connectivity index is 2.58. The third-order valence-corrected chi connectivity index (χ3v) is 1.88. The van der Waals surface area contributed by atoms with Gasteiger partial charge in [0.2, 0.25) is 0 Å². The van der Waals surface area contributed by atoms with Crippen molar-refractivity contribution in [2.45, 2.75) is 39.7 Å². The second kappa shape index (κ2) is 2.13. The predicted molar refractivity (Wildman–Crippen MR) is 41.0 cm³/mol. The Morgan fingerprint density at radius 3 is 2.56 bits per heavy atom. The molecule has 1 aliphatic rings. The van der Waals surface area contributed by atoms with Crippen molar-refractivity contribution in [1.82, 2.24) is 0 Å². The SMILES string of the molecule is C[C@@H]1CCC(C)(C)C=N1. The summed E-state index contributed by atoms with van der Waals surface area (Å²) in [4.78, 5) is 4.36. The molecule has 9 heavy (non-hydrogen) atoms. The van der Waals surface area contributed by atoms with Gasteiger partial charge in [0, 0.05) is 12.3 Å². The molecule has 0 saturated heterocycles. The van der Waals surface area contributed by atoms with E-state index in [-0.39, 0.29) is 0 Å². The molecule has 0 aromatic rings. The standard InChI is InChI=1S/C8H15N/c1-7-4-5-8(2,3)6-9-7/h6-7H,4-5H2,1-3H3/t7-/m1/s1. The molecule has 0 aromatic heterocycles. The third-order valence-electron chi connectivity index (χ3n) is 1.88. The van der Waals surface area contributed by atoms with Crippen molar-refractivity contribution < 1.29 is 0 Å². The van der Waals surface area contributed by atoms with Crippen LogP contribution in [0.3, 0.4) is 0 Å². The van der Waals surface area contributed by atoms with E-state index in [0.29, 0.717) is 11.5 Å². The monoisotopic (exact) mass is 125 g/mol. The zero-order chi connectivity index (χ0) is 6.91. The summed E-state index contributed by atoms with van der Waals surface area (Å²) < 4.78 is 0.